The second kappa shape index (κ2) is 13.2. The lowest BCUT2D eigenvalue weighted by Gasteiger charge is -2.34. The number of carbonyl (C=O) groups excluding carboxylic acids is 2. The van der Waals surface area contributed by atoms with Crippen LogP contribution in [0.5, 0.6) is 0 Å². The summed E-state index contributed by atoms with van der Waals surface area (Å²) in [6.45, 7) is 14.3. The van der Waals surface area contributed by atoms with Gasteiger partial charge >= 0.3 is 0 Å². The number of para-hydroxylation sites is 1. The van der Waals surface area contributed by atoms with Crippen LogP contribution in [-0.2, 0) is 9.59 Å². The molecule has 0 aromatic heterocycles. The number of aliphatic imine (C=N–C) groups is 1. The number of rotatable bonds is 10. The molecular formula is C26H42N6O2. The molecule has 34 heavy (non-hydrogen) atoms. The number of carbonyl (C=O) groups is 2. The molecule has 0 atom stereocenters. The summed E-state index contributed by atoms with van der Waals surface area (Å²) < 4.78 is 0. The van der Waals surface area contributed by atoms with Crippen LogP contribution >= 0.6 is 0 Å². The molecule has 0 spiro atoms. The van der Waals surface area contributed by atoms with Gasteiger partial charge in [-0.3, -0.25) is 24.4 Å². The highest BCUT2D eigenvalue weighted by Gasteiger charge is 2.22. The van der Waals surface area contributed by atoms with Gasteiger partial charge in [0, 0.05) is 43.1 Å². The lowest BCUT2D eigenvalue weighted by molar-refractivity contribution is -0.125. The van der Waals surface area contributed by atoms with E-state index in [2.05, 4.69) is 34.3 Å². The van der Waals surface area contributed by atoms with E-state index in [0.717, 1.165) is 44.0 Å². The monoisotopic (exact) mass is 470 g/mol. The lowest BCUT2D eigenvalue weighted by atomic mass is 10.1. The zero-order valence-electron chi connectivity index (χ0n) is 21.4. The predicted octanol–water partition coefficient (Wildman–Crippen LogP) is 2.30. The average molecular weight is 471 g/mol. The summed E-state index contributed by atoms with van der Waals surface area (Å²) >= 11 is 0. The largest absolute Gasteiger partial charge is 0.401 e. The molecule has 0 unspecified atom stereocenters. The van der Waals surface area contributed by atoms with Gasteiger partial charge in [0.15, 0.2) is 0 Å². The van der Waals surface area contributed by atoms with Crippen molar-refractivity contribution in [2.24, 2.45) is 16.6 Å². The van der Waals surface area contributed by atoms with E-state index in [1.54, 1.807) is 0 Å². The molecule has 4 N–H and O–H groups in total. The first-order valence-electron chi connectivity index (χ1n) is 12.1. The molecule has 1 aliphatic heterocycles. The van der Waals surface area contributed by atoms with Crippen LogP contribution in [0.25, 0.3) is 0 Å². The summed E-state index contributed by atoms with van der Waals surface area (Å²) in [5.74, 6) is 0.425. The molecule has 1 aliphatic rings. The van der Waals surface area contributed by atoms with Gasteiger partial charge in [0.1, 0.15) is 0 Å². The molecule has 1 aromatic rings. The SMILES string of the molecule is CC(C)CC(C=C(N)CNC(=O)CN1CCN(CC(=O)NC(C)(C)C)CC1)=Nc1ccccc1. The molecule has 0 aliphatic carbocycles. The first kappa shape index (κ1) is 27.5. The number of nitrogens with one attached hydrogen (secondary N) is 2. The molecule has 1 aromatic carbocycles. The number of amides is 2. The maximum atomic E-state index is 12.4. The standard InChI is InChI=1S/C26H42N6O2/c1-20(2)15-23(29-22-9-7-6-8-10-22)16-21(27)17-28-24(33)18-31-11-13-32(14-12-31)19-25(34)30-26(3,4)5/h6-10,16,20H,11-15,17-19,27H2,1-5H3,(H,28,33)(H,30,34). The second-order valence-corrected chi connectivity index (χ2v) is 10.4. The third kappa shape index (κ3) is 11.4. The number of hydrogen-bond donors (Lipinski definition) is 3. The van der Waals surface area contributed by atoms with Crippen LogP contribution in [0.1, 0.15) is 41.0 Å². The van der Waals surface area contributed by atoms with Crippen molar-refractivity contribution in [2.75, 3.05) is 45.8 Å². The van der Waals surface area contributed by atoms with Gasteiger partial charge in [-0.15, -0.1) is 0 Å². The van der Waals surface area contributed by atoms with Gasteiger partial charge in [-0.25, -0.2) is 0 Å². The van der Waals surface area contributed by atoms with Crippen molar-refractivity contribution in [2.45, 2.75) is 46.6 Å². The van der Waals surface area contributed by atoms with Gasteiger partial charge in [0.2, 0.25) is 11.8 Å². The normalized spacial score (nSPS) is 16.5. The summed E-state index contributed by atoms with van der Waals surface area (Å²) in [4.78, 5) is 33.5. The molecule has 0 bridgehead atoms. The summed E-state index contributed by atoms with van der Waals surface area (Å²) in [6.07, 6.45) is 2.68. The van der Waals surface area contributed by atoms with Crippen molar-refractivity contribution < 1.29 is 9.59 Å². The fourth-order valence-electron chi connectivity index (χ4n) is 3.71. The van der Waals surface area contributed by atoms with Crippen LogP contribution in [0, 0.1) is 5.92 Å². The van der Waals surface area contributed by atoms with Gasteiger partial charge < -0.3 is 16.4 Å². The van der Waals surface area contributed by atoms with E-state index in [1.807, 2.05) is 57.2 Å². The van der Waals surface area contributed by atoms with E-state index < -0.39 is 0 Å². The number of hydrogen-bond acceptors (Lipinski definition) is 6. The van der Waals surface area contributed by atoms with E-state index in [1.165, 1.54) is 0 Å². The highest BCUT2D eigenvalue weighted by molar-refractivity contribution is 5.97. The molecule has 8 nitrogen and oxygen atoms in total. The van der Waals surface area contributed by atoms with Crippen molar-refractivity contribution in [3.05, 3.63) is 42.1 Å². The molecule has 0 radical (unpaired) electrons. The number of nitrogens with zero attached hydrogens (tertiary/aromatic N) is 3. The zero-order chi connectivity index (χ0) is 25.1. The van der Waals surface area contributed by atoms with E-state index in [-0.39, 0.29) is 23.9 Å². The maximum absolute atomic E-state index is 12.4. The predicted molar refractivity (Wildman–Crippen MR) is 139 cm³/mol. The summed E-state index contributed by atoms with van der Waals surface area (Å²) in [5, 5.41) is 5.91. The van der Waals surface area contributed by atoms with E-state index in [0.29, 0.717) is 24.7 Å². The van der Waals surface area contributed by atoms with Crippen LogP contribution in [0.2, 0.25) is 0 Å². The first-order valence-corrected chi connectivity index (χ1v) is 12.1. The fourth-order valence-corrected chi connectivity index (χ4v) is 3.71. The molecule has 0 saturated carbocycles. The molecule has 1 saturated heterocycles. The third-order valence-corrected chi connectivity index (χ3v) is 5.20. The van der Waals surface area contributed by atoms with Crippen molar-refractivity contribution in [3.63, 3.8) is 0 Å². The Hall–Kier alpha value is -2.71. The van der Waals surface area contributed by atoms with Gasteiger partial charge in [0.25, 0.3) is 0 Å². The number of allylic oxidation sites excluding steroid dienone is 1. The Labute approximate surface area is 204 Å². The average Bonchev–Trinajstić information content (AvgIpc) is 2.72. The van der Waals surface area contributed by atoms with Crippen molar-refractivity contribution in [1.29, 1.82) is 0 Å². The molecule has 8 heteroatoms. The Morgan fingerprint density at radius 3 is 2.12 bits per heavy atom. The van der Waals surface area contributed by atoms with E-state index in [4.69, 9.17) is 10.7 Å². The first-order chi connectivity index (χ1) is 16.0. The Bertz CT molecular complexity index is 850. The van der Waals surface area contributed by atoms with E-state index in [9.17, 15) is 9.59 Å². The van der Waals surface area contributed by atoms with Crippen LogP contribution in [-0.4, -0.2) is 78.7 Å². The molecule has 2 amide bonds. The molecular weight excluding hydrogens is 428 g/mol. The minimum absolute atomic E-state index is 0.0357. The molecule has 1 fully saturated rings. The molecule has 188 valence electrons. The van der Waals surface area contributed by atoms with Gasteiger partial charge in [-0.2, -0.15) is 0 Å². The van der Waals surface area contributed by atoms with Gasteiger partial charge in [-0.05, 0) is 51.3 Å². The van der Waals surface area contributed by atoms with Crippen LogP contribution < -0.4 is 16.4 Å². The Balaban J connectivity index is 1.78. The topological polar surface area (TPSA) is 103 Å². The van der Waals surface area contributed by atoms with Crippen molar-refractivity contribution in [1.82, 2.24) is 20.4 Å². The quantitative estimate of drug-likeness (QED) is 0.455. The van der Waals surface area contributed by atoms with Crippen LogP contribution in [0.15, 0.2) is 47.1 Å². The highest BCUT2D eigenvalue weighted by atomic mass is 16.2. The second-order valence-electron chi connectivity index (χ2n) is 10.4. The summed E-state index contributed by atoms with van der Waals surface area (Å²) in [7, 11) is 0. The smallest absolute Gasteiger partial charge is 0.234 e. The number of piperazine rings is 1. The van der Waals surface area contributed by atoms with Crippen LogP contribution in [0.4, 0.5) is 5.69 Å². The maximum Gasteiger partial charge on any atom is 0.234 e. The van der Waals surface area contributed by atoms with Crippen molar-refractivity contribution in [3.8, 4) is 0 Å². The van der Waals surface area contributed by atoms with E-state index >= 15 is 0 Å². The minimum Gasteiger partial charge on any atom is -0.401 e. The molecule has 2 rings (SSSR count). The fraction of sp³-hybridized carbons (Fsp3) is 0.577. The Morgan fingerprint density at radius 2 is 1.59 bits per heavy atom. The van der Waals surface area contributed by atoms with Gasteiger partial charge in [-0.1, -0.05) is 32.0 Å². The van der Waals surface area contributed by atoms with Gasteiger partial charge in [0.05, 0.1) is 25.3 Å². The number of benzene rings is 1. The minimum atomic E-state index is -0.226. The number of nitrogens with two attached hydrogens (primary N) is 1. The van der Waals surface area contributed by atoms with Crippen molar-refractivity contribution >= 4 is 23.2 Å². The zero-order valence-corrected chi connectivity index (χ0v) is 21.4. The summed E-state index contributed by atoms with van der Waals surface area (Å²) in [5.41, 5.74) is 8.35. The lowest BCUT2D eigenvalue weighted by Crippen LogP contribution is -2.53. The highest BCUT2D eigenvalue weighted by Crippen LogP contribution is 2.14. The summed E-state index contributed by atoms with van der Waals surface area (Å²) in [6, 6.07) is 9.80. The third-order valence-electron chi connectivity index (χ3n) is 5.20. The Morgan fingerprint density at radius 1 is 1.03 bits per heavy atom. The Kier molecular flexibility index (Phi) is 10.7. The van der Waals surface area contributed by atoms with Crippen LogP contribution in [0.3, 0.4) is 0 Å². The molecule has 1 heterocycles.